The van der Waals surface area contributed by atoms with Gasteiger partial charge >= 0.3 is 0 Å². The van der Waals surface area contributed by atoms with Crippen LogP contribution in [0.3, 0.4) is 0 Å². The lowest BCUT2D eigenvalue weighted by molar-refractivity contribution is -0.119. The number of carbonyl (C=O) groups is 1. The van der Waals surface area contributed by atoms with E-state index in [4.69, 9.17) is 18.0 Å². The Hall–Kier alpha value is -0.880. The highest BCUT2D eigenvalue weighted by atomic mass is 32.1. The van der Waals surface area contributed by atoms with E-state index in [-0.39, 0.29) is 5.91 Å². The van der Waals surface area contributed by atoms with E-state index in [1.807, 2.05) is 0 Å². The number of nitrogens with two attached hydrogens (primary N) is 1. The van der Waals surface area contributed by atoms with Gasteiger partial charge < -0.3 is 16.0 Å². The van der Waals surface area contributed by atoms with Crippen LogP contribution in [-0.4, -0.2) is 59.6 Å². The van der Waals surface area contributed by atoms with E-state index in [0.717, 1.165) is 31.3 Å². The summed E-state index contributed by atoms with van der Waals surface area (Å²) in [5.74, 6) is -0.253. The van der Waals surface area contributed by atoms with Crippen molar-refractivity contribution in [1.29, 1.82) is 0 Å². The van der Waals surface area contributed by atoms with Gasteiger partial charge in [-0.25, -0.2) is 0 Å². The summed E-state index contributed by atoms with van der Waals surface area (Å²) in [6, 6.07) is 0.560. The number of hydrogen-bond acceptors (Lipinski definition) is 3. The number of amides is 1. The molecule has 0 unspecified atom stereocenters. The van der Waals surface area contributed by atoms with Crippen molar-refractivity contribution in [3.63, 3.8) is 0 Å². The molecule has 2 fully saturated rings. The maximum absolute atomic E-state index is 10.9. The van der Waals surface area contributed by atoms with Crippen molar-refractivity contribution in [2.45, 2.75) is 38.1 Å². The number of rotatable bonds is 3. The lowest BCUT2D eigenvalue weighted by Gasteiger charge is -2.37. The van der Waals surface area contributed by atoms with E-state index < -0.39 is 0 Å². The van der Waals surface area contributed by atoms with Crippen molar-refractivity contribution in [3.8, 4) is 0 Å². The molecule has 19 heavy (non-hydrogen) atoms. The first-order valence-corrected chi connectivity index (χ1v) is 7.62. The molecular formula is C13H24N4OS. The third kappa shape index (κ3) is 4.62. The second kappa shape index (κ2) is 7.05. The highest BCUT2D eigenvalue weighted by Crippen LogP contribution is 2.17. The predicted octanol–water partition coefficient (Wildman–Crippen LogP) is 0.297. The zero-order valence-electron chi connectivity index (χ0n) is 11.4. The van der Waals surface area contributed by atoms with Gasteiger partial charge in [-0.2, -0.15) is 0 Å². The Morgan fingerprint density at radius 2 is 1.79 bits per heavy atom. The monoisotopic (exact) mass is 284 g/mol. The molecule has 1 saturated heterocycles. The summed E-state index contributed by atoms with van der Waals surface area (Å²) in [6.07, 6.45) is 6.46. The molecule has 0 spiro atoms. The van der Waals surface area contributed by atoms with E-state index in [1.165, 1.54) is 32.1 Å². The van der Waals surface area contributed by atoms with Crippen LogP contribution in [-0.2, 0) is 4.79 Å². The van der Waals surface area contributed by atoms with Crippen molar-refractivity contribution < 1.29 is 4.79 Å². The van der Waals surface area contributed by atoms with Gasteiger partial charge in [-0.1, -0.05) is 19.3 Å². The summed E-state index contributed by atoms with van der Waals surface area (Å²) in [5.41, 5.74) is 5.21. The number of thiocarbonyl (C=S) groups is 1. The van der Waals surface area contributed by atoms with Crippen LogP contribution in [0.25, 0.3) is 0 Å². The minimum Gasteiger partial charge on any atom is -0.369 e. The molecule has 3 N–H and O–H groups in total. The quantitative estimate of drug-likeness (QED) is 0.730. The molecule has 0 atom stereocenters. The smallest absolute Gasteiger partial charge is 0.231 e. The van der Waals surface area contributed by atoms with Crippen LogP contribution >= 0.6 is 12.2 Å². The lowest BCUT2D eigenvalue weighted by atomic mass is 9.96. The first kappa shape index (κ1) is 14.5. The summed E-state index contributed by atoms with van der Waals surface area (Å²) >= 11 is 5.49. The highest BCUT2D eigenvalue weighted by molar-refractivity contribution is 7.80. The minimum absolute atomic E-state index is 0.253. The fraction of sp³-hybridized carbons (Fsp3) is 0.846. The molecule has 0 aromatic carbocycles. The second-order valence-electron chi connectivity index (χ2n) is 5.51. The van der Waals surface area contributed by atoms with Crippen LogP contribution in [0.1, 0.15) is 32.1 Å². The molecule has 108 valence electrons. The number of piperazine rings is 1. The summed E-state index contributed by atoms with van der Waals surface area (Å²) in [4.78, 5) is 15.2. The molecule has 1 heterocycles. The van der Waals surface area contributed by atoms with E-state index >= 15 is 0 Å². The van der Waals surface area contributed by atoms with Gasteiger partial charge in [-0.15, -0.1) is 0 Å². The third-order valence-electron chi connectivity index (χ3n) is 3.97. The number of carbonyl (C=O) groups excluding carboxylic acids is 1. The number of nitrogens with one attached hydrogen (secondary N) is 1. The van der Waals surface area contributed by atoms with E-state index in [0.29, 0.717) is 12.6 Å². The zero-order valence-corrected chi connectivity index (χ0v) is 12.3. The molecule has 2 rings (SSSR count). The summed E-state index contributed by atoms with van der Waals surface area (Å²) in [5, 5.41) is 4.37. The molecule has 0 aromatic heterocycles. The summed E-state index contributed by atoms with van der Waals surface area (Å²) < 4.78 is 0. The Labute approximate surface area is 120 Å². The molecular weight excluding hydrogens is 260 g/mol. The summed E-state index contributed by atoms with van der Waals surface area (Å²) in [6.45, 7) is 3.83. The molecule has 5 nitrogen and oxygen atoms in total. The zero-order chi connectivity index (χ0) is 13.7. The van der Waals surface area contributed by atoms with Crippen LogP contribution in [0, 0.1) is 0 Å². The largest absolute Gasteiger partial charge is 0.369 e. The van der Waals surface area contributed by atoms with Gasteiger partial charge in [-0.05, 0) is 25.1 Å². The number of nitrogens with zero attached hydrogens (tertiary/aromatic N) is 2. The first-order valence-electron chi connectivity index (χ1n) is 7.21. The van der Waals surface area contributed by atoms with Gasteiger partial charge in [0.2, 0.25) is 5.91 Å². The van der Waals surface area contributed by atoms with Crippen LogP contribution < -0.4 is 11.1 Å². The molecule has 1 aliphatic carbocycles. The maximum atomic E-state index is 10.9. The molecule has 0 aromatic rings. The third-order valence-corrected chi connectivity index (χ3v) is 4.35. The molecule has 2 aliphatic rings. The van der Waals surface area contributed by atoms with E-state index in [1.54, 1.807) is 0 Å². The standard InChI is InChI=1S/C13H24N4OS/c14-12(18)10-16-6-8-17(9-7-16)13(19)15-11-4-2-1-3-5-11/h11H,1-10H2,(H2,14,18)(H,15,19). The fourth-order valence-electron chi connectivity index (χ4n) is 2.84. The fourth-order valence-corrected chi connectivity index (χ4v) is 3.19. The van der Waals surface area contributed by atoms with Crippen molar-refractivity contribution in [1.82, 2.24) is 15.1 Å². The topological polar surface area (TPSA) is 61.6 Å². The van der Waals surface area contributed by atoms with Crippen molar-refractivity contribution in [2.75, 3.05) is 32.7 Å². The van der Waals surface area contributed by atoms with Gasteiger partial charge in [0.1, 0.15) is 0 Å². The van der Waals surface area contributed by atoms with Crippen LogP contribution in [0.2, 0.25) is 0 Å². The van der Waals surface area contributed by atoms with Gasteiger partial charge in [0.05, 0.1) is 6.54 Å². The van der Waals surface area contributed by atoms with Gasteiger partial charge in [0.25, 0.3) is 0 Å². The van der Waals surface area contributed by atoms with Crippen LogP contribution in [0.4, 0.5) is 0 Å². The average Bonchev–Trinajstić information content (AvgIpc) is 2.40. The van der Waals surface area contributed by atoms with E-state index in [2.05, 4.69) is 15.1 Å². The van der Waals surface area contributed by atoms with Crippen molar-refractivity contribution in [3.05, 3.63) is 0 Å². The average molecular weight is 284 g/mol. The molecule has 0 bridgehead atoms. The lowest BCUT2D eigenvalue weighted by Crippen LogP contribution is -2.54. The highest BCUT2D eigenvalue weighted by Gasteiger charge is 2.22. The first-order chi connectivity index (χ1) is 9.15. The Bertz CT molecular complexity index is 323. The molecule has 1 saturated carbocycles. The van der Waals surface area contributed by atoms with Crippen molar-refractivity contribution >= 4 is 23.2 Å². The Morgan fingerprint density at radius 1 is 1.16 bits per heavy atom. The second-order valence-corrected chi connectivity index (χ2v) is 5.90. The Kier molecular flexibility index (Phi) is 5.39. The van der Waals surface area contributed by atoms with Gasteiger partial charge in [-0.3, -0.25) is 9.69 Å². The number of hydrogen-bond donors (Lipinski definition) is 2. The normalized spacial score (nSPS) is 22.2. The molecule has 1 amide bonds. The minimum atomic E-state index is -0.253. The van der Waals surface area contributed by atoms with Crippen LogP contribution in [0.15, 0.2) is 0 Å². The molecule has 1 aliphatic heterocycles. The Balaban J connectivity index is 1.71. The van der Waals surface area contributed by atoms with E-state index in [9.17, 15) is 4.79 Å². The van der Waals surface area contributed by atoms with Crippen molar-refractivity contribution in [2.24, 2.45) is 5.73 Å². The molecule has 0 radical (unpaired) electrons. The number of primary amides is 1. The Morgan fingerprint density at radius 3 is 2.37 bits per heavy atom. The summed E-state index contributed by atoms with van der Waals surface area (Å²) in [7, 11) is 0. The predicted molar refractivity (Wildman–Crippen MR) is 79.8 cm³/mol. The van der Waals surface area contributed by atoms with Crippen LogP contribution in [0.5, 0.6) is 0 Å². The maximum Gasteiger partial charge on any atom is 0.231 e. The SMILES string of the molecule is NC(=O)CN1CCN(C(=S)NC2CCCCC2)CC1. The van der Waals surface area contributed by atoms with Gasteiger partial charge in [0.15, 0.2) is 5.11 Å². The van der Waals surface area contributed by atoms with Gasteiger partial charge in [0, 0.05) is 32.2 Å². The molecule has 6 heteroatoms.